The highest BCUT2D eigenvalue weighted by atomic mass is 32.2. The normalized spacial score (nSPS) is 15.4. The van der Waals surface area contributed by atoms with E-state index in [2.05, 4.69) is 15.5 Å². The molecule has 0 radical (unpaired) electrons. The minimum absolute atomic E-state index is 0.0307. The summed E-state index contributed by atoms with van der Waals surface area (Å²) in [6.45, 7) is 7.51. The number of sulfone groups is 1. The number of carbonyl (C=O) groups excluding carboxylic acids is 2. The number of amides is 2. The second-order valence-corrected chi connectivity index (χ2v) is 12.1. The van der Waals surface area contributed by atoms with Gasteiger partial charge >= 0.3 is 0 Å². The van der Waals surface area contributed by atoms with E-state index >= 15 is 0 Å². The quantitative estimate of drug-likeness (QED) is 0.470. The molecule has 8 heteroatoms. The molecule has 4 rings (SSSR count). The number of nitrogens with one attached hydrogen (secondary N) is 2. The van der Waals surface area contributed by atoms with Crippen LogP contribution >= 0.6 is 0 Å². The van der Waals surface area contributed by atoms with Crippen molar-refractivity contribution in [2.75, 3.05) is 35.2 Å². The number of rotatable bonds is 7. The van der Waals surface area contributed by atoms with Crippen molar-refractivity contribution >= 4 is 33.0 Å². The SMILES string of the molecule is Cc1ccc(NC(=O)C(C)C)cc1-c1ccc(C(=O)Nc2ccc(CN3CCS(=O)(=O)CC3)cc2)cc1. The number of hydrogen-bond donors (Lipinski definition) is 2. The molecule has 0 atom stereocenters. The predicted molar refractivity (Wildman–Crippen MR) is 148 cm³/mol. The third kappa shape index (κ3) is 7.05. The molecule has 1 saturated heterocycles. The van der Waals surface area contributed by atoms with Gasteiger partial charge in [0.1, 0.15) is 0 Å². The standard InChI is InChI=1S/C29H33N3O4S/c1-20(2)28(33)31-26-11-4-21(3)27(18-26)23-7-9-24(10-8-23)29(34)30-25-12-5-22(6-13-25)19-32-14-16-37(35,36)17-15-32/h4-13,18,20H,14-17,19H2,1-3H3,(H,30,34)(H,31,33). The second kappa shape index (κ2) is 11.3. The third-order valence-electron chi connectivity index (χ3n) is 6.54. The van der Waals surface area contributed by atoms with Crippen LogP contribution < -0.4 is 10.6 Å². The number of nitrogens with zero attached hydrogens (tertiary/aromatic N) is 1. The highest BCUT2D eigenvalue weighted by Crippen LogP contribution is 2.27. The summed E-state index contributed by atoms with van der Waals surface area (Å²) in [5, 5.41) is 5.87. The van der Waals surface area contributed by atoms with Crippen molar-refractivity contribution in [1.29, 1.82) is 0 Å². The Labute approximate surface area is 218 Å². The van der Waals surface area contributed by atoms with Gasteiger partial charge in [0.2, 0.25) is 5.91 Å². The van der Waals surface area contributed by atoms with Crippen molar-refractivity contribution < 1.29 is 18.0 Å². The molecule has 0 aliphatic carbocycles. The maximum Gasteiger partial charge on any atom is 0.255 e. The summed E-state index contributed by atoms with van der Waals surface area (Å²) in [5.74, 6) is 0.0841. The fourth-order valence-corrected chi connectivity index (χ4v) is 5.44. The van der Waals surface area contributed by atoms with E-state index < -0.39 is 9.84 Å². The van der Waals surface area contributed by atoms with Crippen LogP contribution in [0.2, 0.25) is 0 Å². The molecule has 2 N–H and O–H groups in total. The molecule has 7 nitrogen and oxygen atoms in total. The first-order valence-electron chi connectivity index (χ1n) is 12.4. The van der Waals surface area contributed by atoms with Gasteiger partial charge in [-0.25, -0.2) is 8.42 Å². The lowest BCUT2D eigenvalue weighted by molar-refractivity contribution is -0.118. The van der Waals surface area contributed by atoms with Crippen LogP contribution in [0, 0.1) is 12.8 Å². The molecule has 37 heavy (non-hydrogen) atoms. The van der Waals surface area contributed by atoms with E-state index in [9.17, 15) is 18.0 Å². The largest absolute Gasteiger partial charge is 0.326 e. The van der Waals surface area contributed by atoms with E-state index in [1.54, 1.807) is 12.1 Å². The van der Waals surface area contributed by atoms with Gasteiger partial charge in [0.05, 0.1) is 11.5 Å². The molecule has 0 unspecified atom stereocenters. The van der Waals surface area contributed by atoms with E-state index in [4.69, 9.17) is 0 Å². The van der Waals surface area contributed by atoms with Crippen molar-refractivity contribution in [2.45, 2.75) is 27.3 Å². The van der Waals surface area contributed by atoms with Crippen molar-refractivity contribution in [1.82, 2.24) is 4.90 Å². The van der Waals surface area contributed by atoms with Gasteiger partial charge in [-0.2, -0.15) is 0 Å². The van der Waals surface area contributed by atoms with Crippen molar-refractivity contribution in [3.8, 4) is 11.1 Å². The fourth-order valence-electron chi connectivity index (χ4n) is 4.16. The lowest BCUT2D eigenvalue weighted by Gasteiger charge is -2.26. The molecule has 2 amide bonds. The van der Waals surface area contributed by atoms with Gasteiger partial charge in [0, 0.05) is 42.5 Å². The van der Waals surface area contributed by atoms with Crippen LogP contribution in [-0.4, -0.2) is 49.7 Å². The molecule has 1 heterocycles. The Balaban J connectivity index is 1.38. The molecule has 1 fully saturated rings. The first-order valence-corrected chi connectivity index (χ1v) is 14.3. The van der Waals surface area contributed by atoms with Crippen molar-refractivity contribution in [2.24, 2.45) is 5.92 Å². The molecule has 3 aromatic rings. The third-order valence-corrected chi connectivity index (χ3v) is 8.15. The van der Waals surface area contributed by atoms with Crippen LogP contribution in [-0.2, 0) is 21.2 Å². The van der Waals surface area contributed by atoms with Crippen LogP contribution in [0.5, 0.6) is 0 Å². The molecule has 3 aromatic carbocycles. The van der Waals surface area contributed by atoms with Crippen LogP contribution in [0.4, 0.5) is 11.4 Å². The molecule has 0 saturated carbocycles. The molecule has 0 bridgehead atoms. The lowest BCUT2D eigenvalue weighted by Crippen LogP contribution is -2.39. The summed E-state index contributed by atoms with van der Waals surface area (Å²) in [6.07, 6.45) is 0. The smallest absolute Gasteiger partial charge is 0.255 e. The zero-order chi connectivity index (χ0) is 26.6. The molecule has 0 aromatic heterocycles. The van der Waals surface area contributed by atoms with E-state index in [0.29, 0.717) is 30.9 Å². The fraction of sp³-hybridized carbons (Fsp3) is 0.310. The van der Waals surface area contributed by atoms with Crippen LogP contribution in [0.3, 0.4) is 0 Å². The zero-order valence-corrected chi connectivity index (χ0v) is 22.3. The van der Waals surface area contributed by atoms with Crippen molar-refractivity contribution in [3.63, 3.8) is 0 Å². The van der Waals surface area contributed by atoms with Gasteiger partial charge < -0.3 is 10.6 Å². The van der Waals surface area contributed by atoms with Gasteiger partial charge in [0.25, 0.3) is 5.91 Å². The van der Waals surface area contributed by atoms with Crippen LogP contribution in [0.1, 0.15) is 35.3 Å². The van der Waals surface area contributed by atoms with Gasteiger partial charge in [-0.1, -0.05) is 44.2 Å². The number of aryl methyl sites for hydroxylation is 1. The molecular formula is C29H33N3O4S. The van der Waals surface area contributed by atoms with E-state index in [1.807, 2.05) is 75.4 Å². The summed E-state index contributed by atoms with van der Waals surface area (Å²) in [4.78, 5) is 27.0. The Bertz CT molecular complexity index is 1370. The van der Waals surface area contributed by atoms with Gasteiger partial charge in [-0.3, -0.25) is 14.5 Å². The average Bonchev–Trinajstić information content (AvgIpc) is 2.87. The van der Waals surface area contributed by atoms with Crippen LogP contribution in [0.25, 0.3) is 11.1 Å². The Morgan fingerprint density at radius 2 is 1.49 bits per heavy atom. The van der Waals surface area contributed by atoms with Gasteiger partial charge in [-0.15, -0.1) is 0 Å². The number of benzene rings is 3. The molecular weight excluding hydrogens is 486 g/mol. The minimum atomic E-state index is -2.89. The first kappa shape index (κ1) is 26.6. The monoisotopic (exact) mass is 519 g/mol. The number of hydrogen-bond acceptors (Lipinski definition) is 5. The van der Waals surface area contributed by atoms with E-state index in [-0.39, 0.29) is 29.2 Å². The Morgan fingerprint density at radius 1 is 0.865 bits per heavy atom. The second-order valence-electron chi connectivity index (χ2n) is 9.83. The summed E-state index contributed by atoms with van der Waals surface area (Å²) < 4.78 is 23.2. The first-order chi connectivity index (χ1) is 17.6. The summed E-state index contributed by atoms with van der Waals surface area (Å²) in [6, 6.07) is 20.9. The lowest BCUT2D eigenvalue weighted by atomic mass is 9.98. The summed E-state index contributed by atoms with van der Waals surface area (Å²) >= 11 is 0. The molecule has 0 spiro atoms. The van der Waals surface area contributed by atoms with Gasteiger partial charge in [-0.05, 0) is 65.6 Å². The average molecular weight is 520 g/mol. The van der Waals surface area contributed by atoms with E-state index in [0.717, 1.165) is 27.9 Å². The molecule has 1 aliphatic rings. The van der Waals surface area contributed by atoms with Crippen molar-refractivity contribution in [3.05, 3.63) is 83.4 Å². The van der Waals surface area contributed by atoms with Gasteiger partial charge in [0.15, 0.2) is 9.84 Å². The highest BCUT2D eigenvalue weighted by molar-refractivity contribution is 7.91. The van der Waals surface area contributed by atoms with E-state index in [1.165, 1.54) is 0 Å². The maximum absolute atomic E-state index is 12.8. The topological polar surface area (TPSA) is 95.6 Å². The predicted octanol–water partition coefficient (Wildman–Crippen LogP) is 4.74. The Kier molecular flexibility index (Phi) is 8.10. The number of carbonyl (C=O) groups is 2. The van der Waals surface area contributed by atoms with Crippen LogP contribution in [0.15, 0.2) is 66.7 Å². The maximum atomic E-state index is 12.8. The Morgan fingerprint density at radius 3 is 2.11 bits per heavy atom. The zero-order valence-electron chi connectivity index (χ0n) is 21.5. The molecule has 1 aliphatic heterocycles. The molecule has 194 valence electrons. The Hall–Kier alpha value is -3.49. The summed E-state index contributed by atoms with van der Waals surface area (Å²) in [7, 11) is -2.89. The summed E-state index contributed by atoms with van der Waals surface area (Å²) in [5.41, 5.74) is 6.09. The minimum Gasteiger partial charge on any atom is -0.326 e. The highest BCUT2D eigenvalue weighted by Gasteiger charge is 2.21. The number of anilines is 2.